The molecule has 0 aliphatic heterocycles. The topological polar surface area (TPSA) is 72.5 Å². The van der Waals surface area contributed by atoms with E-state index in [4.69, 9.17) is 15.6 Å². The molecule has 0 aliphatic carbocycles. The Balaban J connectivity index is 2.46. The summed E-state index contributed by atoms with van der Waals surface area (Å²) >= 11 is 0. The van der Waals surface area contributed by atoms with Crippen LogP contribution in [-0.4, -0.2) is 23.7 Å². The van der Waals surface area contributed by atoms with E-state index in [1.165, 1.54) is 5.56 Å². The first-order valence-corrected chi connectivity index (χ1v) is 5.19. The summed E-state index contributed by atoms with van der Waals surface area (Å²) in [6, 6.07) is 5.01. The van der Waals surface area contributed by atoms with Gasteiger partial charge in [-0.25, -0.2) is 0 Å². The summed E-state index contributed by atoms with van der Waals surface area (Å²) in [5.74, 6) is -0.215. The highest BCUT2D eigenvalue weighted by molar-refractivity contribution is 5.72. The predicted molar refractivity (Wildman–Crippen MR) is 61.6 cm³/mol. The maximum Gasteiger partial charge on any atom is 0.320 e. The normalized spacial score (nSPS) is 12.2. The molecule has 1 aromatic rings. The lowest BCUT2D eigenvalue weighted by molar-refractivity contribution is -0.138. The van der Waals surface area contributed by atoms with Gasteiger partial charge in [0.15, 0.2) is 0 Å². The molecular formula is C12H17NO3. The van der Waals surface area contributed by atoms with Gasteiger partial charge in [0.25, 0.3) is 0 Å². The van der Waals surface area contributed by atoms with E-state index in [9.17, 15) is 4.79 Å². The molecule has 1 atom stereocenters. The fraction of sp³-hybridized carbons (Fsp3) is 0.417. The number of hydrogen-bond donors (Lipinski definition) is 2. The summed E-state index contributed by atoms with van der Waals surface area (Å²) in [7, 11) is 0. The zero-order valence-corrected chi connectivity index (χ0v) is 9.56. The molecule has 1 rings (SSSR count). The molecule has 0 bridgehead atoms. The maximum atomic E-state index is 10.5. The number of aryl methyl sites for hydroxylation is 2. The highest BCUT2D eigenvalue weighted by Gasteiger charge is 2.11. The molecule has 0 aromatic heterocycles. The van der Waals surface area contributed by atoms with E-state index < -0.39 is 12.0 Å². The standard InChI is InChI=1S/C12H17NO3/c1-8-3-4-11(9(2)7-8)16-6-5-10(13)12(14)15/h3-4,7,10H,5-6,13H2,1-2H3,(H,14,15). The van der Waals surface area contributed by atoms with Gasteiger partial charge in [0.1, 0.15) is 11.8 Å². The molecule has 0 radical (unpaired) electrons. The second-order valence-electron chi connectivity index (χ2n) is 3.85. The van der Waals surface area contributed by atoms with Crippen molar-refractivity contribution in [3.05, 3.63) is 29.3 Å². The Morgan fingerprint density at radius 1 is 1.50 bits per heavy atom. The third kappa shape index (κ3) is 3.55. The van der Waals surface area contributed by atoms with Gasteiger partial charge in [-0.1, -0.05) is 17.7 Å². The van der Waals surface area contributed by atoms with Crippen LogP contribution in [-0.2, 0) is 4.79 Å². The first-order valence-electron chi connectivity index (χ1n) is 5.19. The lowest BCUT2D eigenvalue weighted by atomic mass is 10.1. The fourth-order valence-corrected chi connectivity index (χ4v) is 1.38. The van der Waals surface area contributed by atoms with Crippen LogP contribution in [0.5, 0.6) is 5.75 Å². The van der Waals surface area contributed by atoms with E-state index in [1.54, 1.807) is 0 Å². The SMILES string of the molecule is Cc1ccc(OCCC(N)C(=O)O)c(C)c1. The van der Waals surface area contributed by atoms with Crippen LogP contribution < -0.4 is 10.5 Å². The Bertz CT molecular complexity index is 377. The summed E-state index contributed by atoms with van der Waals surface area (Å²) in [6.07, 6.45) is 0.308. The first kappa shape index (κ1) is 12.5. The molecule has 0 aliphatic rings. The minimum atomic E-state index is -0.996. The number of carboxylic acids is 1. The molecule has 0 spiro atoms. The molecule has 4 nitrogen and oxygen atoms in total. The lowest BCUT2D eigenvalue weighted by Crippen LogP contribution is -2.31. The Morgan fingerprint density at radius 3 is 2.75 bits per heavy atom. The molecule has 0 heterocycles. The van der Waals surface area contributed by atoms with E-state index in [0.29, 0.717) is 13.0 Å². The second-order valence-corrected chi connectivity index (χ2v) is 3.85. The van der Waals surface area contributed by atoms with Crippen LogP contribution in [0.2, 0.25) is 0 Å². The van der Waals surface area contributed by atoms with Crippen molar-refractivity contribution in [2.24, 2.45) is 5.73 Å². The van der Waals surface area contributed by atoms with Crippen molar-refractivity contribution in [1.29, 1.82) is 0 Å². The molecule has 88 valence electrons. The van der Waals surface area contributed by atoms with Crippen molar-refractivity contribution in [1.82, 2.24) is 0 Å². The molecule has 0 fully saturated rings. The summed E-state index contributed by atoms with van der Waals surface area (Å²) < 4.78 is 5.47. The fourth-order valence-electron chi connectivity index (χ4n) is 1.38. The van der Waals surface area contributed by atoms with Gasteiger partial charge in [-0.2, -0.15) is 0 Å². The van der Waals surface area contributed by atoms with E-state index >= 15 is 0 Å². The van der Waals surface area contributed by atoms with E-state index in [1.807, 2.05) is 32.0 Å². The Morgan fingerprint density at radius 2 is 2.19 bits per heavy atom. The van der Waals surface area contributed by atoms with Crippen LogP contribution in [0, 0.1) is 13.8 Å². The molecule has 0 saturated carbocycles. The Hall–Kier alpha value is -1.55. The quantitative estimate of drug-likeness (QED) is 0.793. The van der Waals surface area contributed by atoms with Crippen LogP contribution >= 0.6 is 0 Å². The van der Waals surface area contributed by atoms with Crippen LogP contribution in [0.25, 0.3) is 0 Å². The molecule has 4 heteroatoms. The van der Waals surface area contributed by atoms with Crippen molar-refractivity contribution in [3.8, 4) is 5.75 Å². The van der Waals surface area contributed by atoms with Gasteiger partial charge in [-0.3, -0.25) is 4.79 Å². The summed E-state index contributed by atoms with van der Waals surface area (Å²) in [5, 5.41) is 8.59. The summed E-state index contributed by atoms with van der Waals surface area (Å²) in [6.45, 7) is 4.29. The van der Waals surface area contributed by atoms with Crippen molar-refractivity contribution in [3.63, 3.8) is 0 Å². The molecule has 0 amide bonds. The smallest absolute Gasteiger partial charge is 0.320 e. The van der Waals surface area contributed by atoms with Crippen molar-refractivity contribution >= 4 is 5.97 Å². The van der Waals surface area contributed by atoms with Crippen LogP contribution in [0.1, 0.15) is 17.5 Å². The number of aliphatic carboxylic acids is 1. The van der Waals surface area contributed by atoms with E-state index in [2.05, 4.69) is 0 Å². The van der Waals surface area contributed by atoms with Gasteiger partial charge in [-0.15, -0.1) is 0 Å². The lowest BCUT2D eigenvalue weighted by Gasteiger charge is -2.11. The van der Waals surface area contributed by atoms with Gasteiger partial charge in [0, 0.05) is 6.42 Å². The number of benzene rings is 1. The Kier molecular flexibility index (Phi) is 4.31. The first-order chi connectivity index (χ1) is 7.50. The van der Waals surface area contributed by atoms with Crippen LogP contribution in [0.3, 0.4) is 0 Å². The zero-order valence-electron chi connectivity index (χ0n) is 9.56. The van der Waals surface area contributed by atoms with E-state index in [0.717, 1.165) is 11.3 Å². The van der Waals surface area contributed by atoms with Gasteiger partial charge >= 0.3 is 5.97 Å². The van der Waals surface area contributed by atoms with E-state index in [-0.39, 0.29) is 0 Å². The zero-order chi connectivity index (χ0) is 12.1. The minimum absolute atomic E-state index is 0.308. The number of hydrogen-bond acceptors (Lipinski definition) is 3. The number of rotatable bonds is 5. The molecule has 0 saturated heterocycles. The highest BCUT2D eigenvalue weighted by Crippen LogP contribution is 2.18. The molecule has 3 N–H and O–H groups in total. The third-order valence-electron chi connectivity index (χ3n) is 2.33. The largest absolute Gasteiger partial charge is 0.493 e. The molecular weight excluding hydrogens is 206 g/mol. The van der Waals surface area contributed by atoms with Crippen LogP contribution in [0.15, 0.2) is 18.2 Å². The van der Waals surface area contributed by atoms with Gasteiger partial charge in [0.2, 0.25) is 0 Å². The average molecular weight is 223 g/mol. The highest BCUT2D eigenvalue weighted by atomic mass is 16.5. The molecule has 1 aromatic carbocycles. The second kappa shape index (κ2) is 5.51. The monoisotopic (exact) mass is 223 g/mol. The van der Waals surface area contributed by atoms with Crippen LogP contribution in [0.4, 0.5) is 0 Å². The van der Waals surface area contributed by atoms with Crippen molar-refractivity contribution < 1.29 is 14.6 Å². The van der Waals surface area contributed by atoms with Gasteiger partial charge in [-0.05, 0) is 25.5 Å². The summed E-state index contributed by atoms with van der Waals surface area (Å²) in [5.41, 5.74) is 7.58. The molecule has 16 heavy (non-hydrogen) atoms. The maximum absolute atomic E-state index is 10.5. The number of ether oxygens (including phenoxy) is 1. The number of carboxylic acid groups (broad SMARTS) is 1. The number of carbonyl (C=O) groups is 1. The van der Waals surface area contributed by atoms with Crippen molar-refractivity contribution in [2.45, 2.75) is 26.3 Å². The predicted octanol–water partition coefficient (Wildman–Crippen LogP) is 1.48. The minimum Gasteiger partial charge on any atom is -0.493 e. The van der Waals surface area contributed by atoms with Gasteiger partial charge in [0.05, 0.1) is 6.61 Å². The summed E-state index contributed by atoms with van der Waals surface area (Å²) in [4.78, 5) is 10.5. The number of nitrogens with two attached hydrogens (primary N) is 1. The molecule has 1 unspecified atom stereocenters. The Labute approximate surface area is 95.0 Å². The van der Waals surface area contributed by atoms with Gasteiger partial charge < -0.3 is 15.6 Å². The van der Waals surface area contributed by atoms with Crippen molar-refractivity contribution in [2.75, 3.05) is 6.61 Å². The average Bonchev–Trinajstić information content (AvgIpc) is 2.20. The third-order valence-corrected chi connectivity index (χ3v) is 2.33.